The van der Waals surface area contributed by atoms with Crippen LogP contribution in [0.1, 0.15) is 16.8 Å². The van der Waals surface area contributed by atoms with Gasteiger partial charge in [0.1, 0.15) is 0 Å². The van der Waals surface area contributed by atoms with Crippen molar-refractivity contribution in [2.24, 2.45) is 7.05 Å². The summed E-state index contributed by atoms with van der Waals surface area (Å²) in [5.41, 5.74) is 2.02. The number of nitrogens with one attached hydrogen (secondary N) is 1. The molecule has 104 valence electrons. The minimum Gasteiger partial charge on any atom is -0.273 e. The van der Waals surface area contributed by atoms with Crippen molar-refractivity contribution in [3.63, 3.8) is 0 Å². The Bertz CT molecular complexity index is 772. The molecule has 0 unspecified atom stereocenters. The van der Waals surface area contributed by atoms with Gasteiger partial charge in [0, 0.05) is 24.8 Å². The summed E-state index contributed by atoms with van der Waals surface area (Å²) in [5, 5.41) is 12.9. The van der Waals surface area contributed by atoms with Crippen molar-refractivity contribution in [1.29, 1.82) is 5.26 Å². The van der Waals surface area contributed by atoms with E-state index in [-0.39, 0.29) is 11.4 Å². The second-order valence-corrected chi connectivity index (χ2v) is 6.11. The molecule has 0 aliphatic heterocycles. The van der Waals surface area contributed by atoms with E-state index in [0.29, 0.717) is 5.56 Å². The molecule has 2 rings (SSSR count). The van der Waals surface area contributed by atoms with Gasteiger partial charge in [0.15, 0.2) is 0 Å². The summed E-state index contributed by atoms with van der Waals surface area (Å²) < 4.78 is 28.5. The van der Waals surface area contributed by atoms with Gasteiger partial charge in [0.05, 0.1) is 22.7 Å². The van der Waals surface area contributed by atoms with Crippen LogP contribution in [0.3, 0.4) is 0 Å². The lowest BCUT2D eigenvalue weighted by Gasteiger charge is -2.06. The van der Waals surface area contributed by atoms with Gasteiger partial charge in [-0.25, -0.2) is 13.1 Å². The van der Waals surface area contributed by atoms with Gasteiger partial charge in [-0.15, -0.1) is 0 Å². The van der Waals surface area contributed by atoms with E-state index in [4.69, 9.17) is 5.26 Å². The molecule has 1 aromatic carbocycles. The van der Waals surface area contributed by atoms with Crippen LogP contribution in [0, 0.1) is 18.3 Å². The number of nitrogens with zero attached hydrogens (tertiary/aromatic N) is 3. The quantitative estimate of drug-likeness (QED) is 0.912. The third-order valence-corrected chi connectivity index (χ3v) is 4.46. The van der Waals surface area contributed by atoms with Crippen molar-refractivity contribution in [2.75, 3.05) is 0 Å². The van der Waals surface area contributed by atoms with Gasteiger partial charge in [-0.1, -0.05) is 6.07 Å². The van der Waals surface area contributed by atoms with Crippen LogP contribution in [0.15, 0.2) is 35.4 Å². The Morgan fingerprint density at radius 2 is 2.20 bits per heavy atom. The maximum Gasteiger partial charge on any atom is 0.240 e. The van der Waals surface area contributed by atoms with E-state index in [1.807, 2.05) is 13.0 Å². The fourth-order valence-corrected chi connectivity index (χ4v) is 2.76. The predicted molar refractivity (Wildman–Crippen MR) is 73.1 cm³/mol. The number of benzene rings is 1. The van der Waals surface area contributed by atoms with Gasteiger partial charge >= 0.3 is 0 Å². The average Bonchev–Trinajstić information content (AvgIpc) is 2.77. The number of hydrogen-bond acceptors (Lipinski definition) is 4. The first kappa shape index (κ1) is 14.2. The Balaban J connectivity index is 2.19. The van der Waals surface area contributed by atoms with Crippen molar-refractivity contribution >= 4 is 10.0 Å². The lowest BCUT2D eigenvalue weighted by molar-refractivity contribution is 0.581. The van der Waals surface area contributed by atoms with Crippen molar-refractivity contribution in [2.45, 2.75) is 18.4 Å². The Labute approximate surface area is 117 Å². The zero-order valence-corrected chi connectivity index (χ0v) is 12.0. The summed E-state index contributed by atoms with van der Waals surface area (Å²) in [6.07, 6.45) is 1.63. The molecule has 0 spiro atoms. The maximum atomic E-state index is 12.1. The Morgan fingerprint density at radius 3 is 2.80 bits per heavy atom. The number of rotatable bonds is 4. The highest BCUT2D eigenvalue weighted by Crippen LogP contribution is 2.12. The molecule has 2 aromatic rings. The molecule has 0 atom stereocenters. The zero-order valence-electron chi connectivity index (χ0n) is 11.2. The fourth-order valence-electron chi connectivity index (χ4n) is 1.71. The van der Waals surface area contributed by atoms with Gasteiger partial charge in [-0.3, -0.25) is 4.68 Å². The van der Waals surface area contributed by atoms with Gasteiger partial charge in [-0.2, -0.15) is 10.4 Å². The predicted octanol–water partition coefficient (Wildman–Crippen LogP) is 1.08. The third-order valence-electron chi connectivity index (χ3n) is 3.06. The zero-order chi connectivity index (χ0) is 14.8. The lowest BCUT2D eigenvalue weighted by Crippen LogP contribution is -2.23. The molecule has 0 saturated heterocycles. The van der Waals surface area contributed by atoms with Crippen LogP contribution in [-0.4, -0.2) is 18.2 Å². The van der Waals surface area contributed by atoms with E-state index in [1.165, 1.54) is 12.1 Å². The molecule has 0 fully saturated rings. The van der Waals surface area contributed by atoms with Gasteiger partial charge < -0.3 is 0 Å². The second kappa shape index (κ2) is 5.45. The molecule has 1 aromatic heterocycles. The van der Waals surface area contributed by atoms with Gasteiger partial charge in [0.25, 0.3) is 0 Å². The van der Waals surface area contributed by atoms with E-state index in [9.17, 15) is 8.42 Å². The lowest BCUT2D eigenvalue weighted by atomic mass is 10.2. The molecule has 20 heavy (non-hydrogen) atoms. The highest BCUT2D eigenvalue weighted by atomic mass is 32.2. The summed E-state index contributed by atoms with van der Waals surface area (Å²) in [7, 11) is -1.84. The Morgan fingerprint density at radius 1 is 1.45 bits per heavy atom. The smallest absolute Gasteiger partial charge is 0.240 e. The van der Waals surface area contributed by atoms with E-state index in [1.54, 1.807) is 30.1 Å². The summed E-state index contributed by atoms with van der Waals surface area (Å²) in [4.78, 5) is 0.0816. The molecule has 1 N–H and O–H groups in total. The summed E-state index contributed by atoms with van der Waals surface area (Å²) in [5.74, 6) is 0. The largest absolute Gasteiger partial charge is 0.273 e. The first-order valence-corrected chi connectivity index (χ1v) is 7.39. The van der Waals surface area contributed by atoms with Gasteiger partial charge in [-0.05, 0) is 25.1 Å². The topological polar surface area (TPSA) is 87.8 Å². The monoisotopic (exact) mass is 290 g/mol. The molecule has 0 aliphatic rings. The summed E-state index contributed by atoms with van der Waals surface area (Å²) in [6.45, 7) is 2.03. The molecule has 0 radical (unpaired) electrons. The highest BCUT2D eigenvalue weighted by Gasteiger charge is 2.15. The third kappa shape index (κ3) is 2.87. The SMILES string of the molecule is Cc1c(CNS(=O)(=O)c2cccc(C#N)c2)cnn1C. The first-order valence-electron chi connectivity index (χ1n) is 5.91. The van der Waals surface area contributed by atoms with Gasteiger partial charge in [0.2, 0.25) is 10.0 Å². The van der Waals surface area contributed by atoms with Crippen LogP contribution in [0.5, 0.6) is 0 Å². The van der Waals surface area contributed by atoms with Crippen LogP contribution in [-0.2, 0) is 23.6 Å². The van der Waals surface area contributed by atoms with Crippen LogP contribution in [0.25, 0.3) is 0 Å². The molecule has 7 heteroatoms. The van der Waals surface area contributed by atoms with Crippen LogP contribution in [0.2, 0.25) is 0 Å². The molecule has 0 amide bonds. The minimum absolute atomic E-state index is 0.0816. The minimum atomic E-state index is -3.64. The summed E-state index contributed by atoms with van der Waals surface area (Å²) in [6, 6.07) is 7.83. The fraction of sp³-hybridized carbons (Fsp3) is 0.231. The van der Waals surface area contributed by atoms with E-state index < -0.39 is 10.0 Å². The van der Waals surface area contributed by atoms with Crippen molar-refractivity contribution < 1.29 is 8.42 Å². The van der Waals surface area contributed by atoms with Crippen LogP contribution >= 0.6 is 0 Å². The Kier molecular flexibility index (Phi) is 3.88. The van der Waals surface area contributed by atoms with Crippen molar-refractivity contribution in [1.82, 2.24) is 14.5 Å². The maximum absolute atomic E-state index is 12.1. The van der Waals surface area contributed by atoms with E-state index in [2.05, 4.69) is 9.82 Å². The first-order chi connectivity index (χ1) is 9.44. The molecule has 0 saturated carbocycles. The molecule has 6 nitrogen and oxygen atoms in total. The number of aromatic nitrogens is 2. The normalized spacial score (nSPS) is 11.2. The molecule has 0 aliphatic carbocycles. The number of nitriles is 1. The van der Waals surface area contributed by atoms with E-state index in [0.717, 1.165) is 11.3 Å². The second-order valence-electron chi connectivity index (χ2n) is 4.34. The van der Waals surface area contributed by atoms with Crippen molar-refractivity contribution in [3.8, 4) is 6.07 Å². The van der Waals surface area contributed by atoms with Crippen LogP contribution in [0.4, 0.5) is 0 Å². The number of hydrogen-bond donors (Lipinski definition) is 1. The molecule has 0 bridgehead atoms. The Hall–Kier alpha value is -2.17. The number of sulfonamides is 1. The van der Waals surface area contributed by atoms with E-state index >= 15 is 0 Å². The molecular formula is C13H14N4O2S. The molecular weight excluding hydrogens is 276 g/mol. The molecule has 1 heterocycles. The number of aryl methyl sites for hydroxylation is 1. The highest BCUT2D eigenvalue weighted by molar-refractivity contribution is 7.89. The van der Waals surface area contributed by atoms with Crippen molar-refractivity contribution in [3.05, 3.63) is 47.3 Å². The summed E-state index contributed by atoms with van der Waals surface area (Å²) >= 11 is 0. The standard InChI is InChI=1S/C13H14N4O2S/c1-10-12(8-15-17(10)2)9-16-20(18,19)13-5-3-4-11(6-13)7-14/h3-6,8,16H,9H2,1-2H3. The van der Waals surface area contributed by atoms with Crippen LogP contribution < -0.4 is 4.72 Å². The average molecular weight is 290 g/mol.